The van der Waals surface area contributed by atoms with Crippen LogP contribution in [0.3, 0.4) is 0 Å². The van der Waals surface area contributed by atoms with Crippen LogP contribution in [0.15, 0.2) is 158 Å². The highest BCUT2D eigenvalue weighted by atomic mass is 15.0. The molecule has 196 valence electrons. The minimum absolute atomic E-state index is 0.986. The summed E-state index contributed by atoms with van der Waals surface area (Å²) in [5, 5.41) is 2.46. The third-order valence-electron chi connectivity index (χ3n) is 7.29. The van der Waals surface area contributed by atoms with Gasteiger partial charge in [0.1, 0.15) is 0 Å². The number of nitrogens with zero attached hydrogens (tertiary/aromatic N) is 1. The lowest BCUT2D eigenvalue weighted by atomic mass is 9.98. The van der Waals surface area contributed by atoms with Crippen LogP contribution in [-0.2, 0) is 0 Å². The highest BCUT2D eigenvalue weighted by Crippen LogP contribution is 2.35. The first-order valence-corrected chi connectivity index (χ1v) is 13.7. The summed E-state index contributed by atoms with van der Waals surface area (Å²) in [6.07, 6.45) is 14.2. The van der Waals surface area contributed by atoms with Crippen LogP contribution >= 0.6 is 0 Å². The van der Waals surface area contributed by atoms with Gasteiger partial charge in [-0.05, 0) is 84.5 Å². The van der Waals surface area contributed by atoms with E-state index < -0.39 is 0 Å². The molecule has 0 aliphatic rings. The van der Waals surface area contributed by atoms with Gasteiger partial charge in [0, 0.05) is 16.5 Å². The third kappa shape index (κ3) is 5.46. The summed E-state index contributed by atoms with van der Waals surface area (Å²) >= 11 is 0. The summed E-state index contributed by atoms with van der Waals surface area (Å²) in [5.41, 5.74) is 11.6. The van der Waals surface area contributed by atoms with Crippen molar-refractivity contribution in [2.24, 2.45) is 0 Å². The second kappa shape index (κ2) is 11.9. The maximum atomic E-state index is 4.24. The molecule has 0 radical (unpaired) electrons. The van der Waals surface area contributed by atoms with E-state index in [1.807, 2.05) is 37.3 Å². The monoisotopic (exact) mass is 517 g/mol. The van der Waals surface area contributed by atoms with Gasteiger partial charge in [-0.2, -0.15) is 0 Å². The van der Waals surface area contributed by atoms with Crippen molar-refractivity contribution in [1.29, 1.82) is 0 Å². The van der Waals surface area contributed by atoms with Gasteiger partial charge in [-0.15, -0.1) is 0 Å². The molecule has 5 aromatic rings. The predicted molar refractivity (Wildman–Crippen MR) is 176 cm³/mol. The minimum atomic E-state index is 0.986. The van der Waals surface area contributed by atoms with Crippen molar-refractivity contribution in [2.45, 2.75) is 20.8 Å². The summed E-state index contributed by atoms with van der Waals surface area (Å²) < 4.78 is 2.36. The van der Waals surface area contributed by atoms with Crippen LogP contribution < -0.4 is 0 Å². The molecule has 0 amide bonds. The smallest absolute Gasteiger partial charge is 0.0541 e. The second-order valence-electron chi connectivity index (χ2n) is 10.1. The summed E-state index contributed by atoms with van der Waals surface area (Å²) in [6.45, 7) is 14.4. The SMILES string of the molecule is C=C/C=C(\C=C(/C)C(=C)/C=C\C=C/C)c1ccc2c(c1)c1ccccc1n2-c1ccc(-c2ccc(C)cc2)cc1. The zero-order valence-corrected chi connectivity index (χ0v) is 23.6. The van der Waals surface area contributed by atoms with E-state index in [9.17, 15) is 0 Å². The first-order valence-electron chi connectivity index (χ1n) is 13.7. The maximum absolute atomic E-state index is 4.24. The number of hydrogen-bond acceptors (Lipinski definition) is 0. The third-order valence-corrected chi connectivity index (χ3v) is 7.29. The van der Waals surface area contributed by atoms with Crippen LogP contribution in [0.2, 0.25) is 0 Å². The van der Waals surface area contributed by atoms with Gasteiger partial charge in [0.25, 0.3) is 0 Å². The van der Waals surface area contributed by atoms with Crippen LogP contribution in [0, 0.1) is 6.92 Å². The van der Waals surface area contributed by atoms with Gasteiger partial charge in [-0.1, -0.05) is 122 Å². The molecule has 0 saturated heterocycles. The van der Waals surface area contributed by atoms with E-state index in [4.69, 9.17) is 0 Å². The molecule has 0 fully saturated rings. The number of hydrogen-bond donors (Lipinski definition) is 0. The fraction of sp³-hybridized carbons (Fsp3) is 0.0769. The van der Waals surface area contributed by atoms with Crippen molar-refractivity contribution >= 4 is 27.4 Å². The average Bonchev–Trinajstić information content (AvgIpc) is 3.31. The van der Waals surface area contributed by atoms with Crippen LogP contribution in [0.4, 0.5) is 0 Å². The van der Waals surface area contributed by atoms with Gasteiger partial charge in [0.2, 0.25) is 0 Å². The second-order valence-corrected chi connectivity index (χ2v) is 10.1. The van der Waals surface area contributed by atoms with Crippen LogP contribution in [0.5, 0.6) is 0 Å². The lowest BCUT2D eigenvalue weighted by Gasteiger charge is -2.10. The van der Waals surface area contributed by atoms with Gasteiger partial charge < -0.3 is 4.57 Å². The van der Waals surface area contributed by atoms with Crippen LogP contribution in [-0.4, -0.2) is 4.57 Å². The summed E-state index contributed by atoms with van der Waals surface area (Å²) in [5.74, 6) is 0. The fourth-order valence-corrected chi connectivity index (χ4v) is 5.07. The Hall–Kier alpha value is -4.88. The highest BCUT2D eigenvalue weighted by Gasteiger charge is 2.13. The van der Waals surface area contributed by atoms with Crippen molar-refractivity contribution in [2.75, 3.05) is 0 Å². The Balaban J connectivity index is 1.59. The molecule has 0 aliphatic heterocycles. The Morgan fingerprint density at radius 1 is 0.775 bits per heavy atom. The molecule has 0 unspecified atom stereocenters. The normalized spacial score (nSPS) is 12.7. The zero-order chi connectivity index (χ0) is 28.1. The largest absolute Gasteiger partial charge is 0.309 e. The average molecular weight is 518 g/mol. The first-order chi connectivity index (χ1) is 19.5. The van der Waals surface area contributed by atoms with E-state index in [0.717, 1.165) is 28.0 Å². The molecule has 1 nitrogen and oxygen atoms in total. The number of aromatic nitrogens is 1. The molecular weight excluding hydrogens is 482 g/mol. The predicted octanol–water partition coefficient (Wildman–Crippen LogP) is 11.0. The zero-order valence-electron chi connectivity index (χ0n) is 23.6. The lowest BCUT2D eigenvalue weighted by Crippen LogP contribution is -1.94. The molecule has 0 bridgehead atoms. The lowest BCUT2D eigenvalue weighted by molar-refractivity contribution is 1.18. The molecule has 5 rings (SSSR count). The number of fused-ring (bicyclic) bond motifs is 3. The van der Waals surface area contributed by atoms with Gasteiger partial charge in [0.15, 0.2) is 0 Å². The molecule has 0 N–H and O–H groups in total. The van der Waals surface area contributed by atoms with Crippen molar-refractivity contribution in [1.82, 2.24) is 4.57 Å². The molecule has 0 aliphatic carbocycles. The van der Waals surface area contributed by atoms with E-state index in [1.165, 1.54) is 38.5 Å². The highest BCUT2D eigenvalue weighted by molar-refractivity contribution is 6.10. The molecule has 0 saturated carbocycles. The van der Waals surface area contributed by atoms with Crippen molar-refractivity contribution in [3.05, 3.63) is 169 Å². The van der Waals surface area contributed by atoms with Gasteiger partial charge in [-0.3, -0.25) is 0 Å². The molecule has 0 atom stereocenters. The molecule has 1 aromatic heterocycles. The number of allylic oxidation sites excluding steroid dienone is 10. The van der Waals surface area contributed by atoms with E-state index in [1.54, 1.807) is 0 Å². The molecule has 40 heavy (non-hydrogen) atoms. The Morgan fingerprint density at radius 2 is 1.45 bits per heavy atom. The fourth-order valence-electron chi connectivity index (χ4n) is 5.07. The Bertz CT molecular complexity index is 1810. The van der Waals surface area contributed by atoms with Crippen molar-refractivity contribution in [3.8, 4) is 16.8 Å². The van der Waals surface area contributed by atoms with E-state index in [0.29, 0.717) is 0 Å². The molecule has 1 heteroatoms. The molecular formula is C39H35N. The number of benzene rings is 4. The molecule has 1 heterocycles. The Morgan fingerprint density at radius 3 is 2.15 bits per heavy atom. The standard InChI is InChI=1S/C39H35N/c1-6-8-9-13-29(4)30(5)26-33(12-7-2)34-22-25-39-37(27-34)36-14-10-11-15-38(36)40(39)35-23-20-32(21-24-35)31-18-16-28(3)17-19-31/h6-27H,2,4H2,1,3,5H3/b8-6-,13-9-,30-26+,33-12+. The number of rotatable bonds is 8. The van der Waals surface area contributed by atoms with E-state index in [2.05, 4.69) is 135 Å². The summed E-state index contributed by atoms with van der Waals surface area (Å²) in [7, 11) is 0. The Kier molecular flexibility index (Phi) is 7.94. The van der Waals surface area contributed by atoms with Gasteiger partial charge in [0.05, 0.1) is 11.0 Å². The van der Waals surface area contributed by atoms with Crippen molar-refractivity contribution in [3.63, 3.8) is 0 Å². The minimum Gasteiger partial charge on any atom is -0.309 e. The van der Waals surface area contributed by atoms with Gasteiger partial charge >= 0.3 is 0 Å². The Labute approximate surface area is 238 Å². The maximum Gasteiger partial charge on any atom is 0.0541 e. The van der Waals surface area contributed by atoms with E-state index >= 15 is 0 Å². The van der Waals surface area contributed by atoms with Crippen LogP contribution in [0.1, 0.15) is 25.0 Å². The molecule has 4 aromatic carbocycles. The summed E-state index contributed by atoms with van der Waals surface area (Å²) in [6, 6.07) is 32.9. The van der Waals surface area contributed by atoms with Crippen LogP contribution in [0.25, 0.3) is 44.2 Å². The quantitative estimate of drug-likeness (QED) is 0.180. The van der Waals surface area contributed by atoms with E-state index in [-0.39, 0.29) is 0 Å². The number of aryl methyl sites for hydroxylation is 1. The molecule has 0 spiro atoms. The number of para-hydroxylation sites is 1. The topological polar surface area (TPSA) is 4.93 Å². The van der Waals surface area contributed by atoms with Gasteiger partial charge in [-0.25, -0.2) is 0 Å². The first kappa shape index (κ1) is 26.7. The van der Waals surface area contributed by atoms with Crippen molar-refractivity contribution < 1.29 is 0 Å². The summed E-state index contributed by atoms with van der Waals surface area (Å²) in [4.78, 5) is 0.